The molecular weight excluding hydrogens is 364 g/mol. The van der Waals surface area contributed by atoms with Crippen LogP contribution in [0.5, 0.6) is 11.5 Å². The Bertz CT molecular complexity index is 1020. The fraction of sp³-hybridized carbons (Fsp3) is 0.167. The van der Waals surface area contributed by atoms with Gasteiger partial charge in [0.2, 0.25) is 11.8 Å². The van der Waals surface area contributed by atoms with Gasteiger partial charge in [-0.15, -0.1) is 0 Å². The summed E-state index contributed by atoms with van der Waals surface area (Å²) in [6, 6.07) is 24.6. The normalized spacial score (nSPS) is 12.4. The van der Waals surface area contributed by atoms with Gasteiger partial charge in [0.05, 0.1) is 0 Å². The van der Waals surface area contributed by atoms with Gasteiger partial charge in [-0.25, -0.2) is 0 Å². The number of fused-ring (bicyclic) bond motifs is 1. The van der Waals surface area contributed by atoms with E-state index in [1.54, 1.807) is 29.2 Å². The largest absolute Gasteiger partial charge is 0.457 e. The Labute approximate surface area is 170 Å². The van der Waals surface area contributed by atoms with Crippen molar-refractivity contribution in [1.82, 2.24) is 0 Å². The summed E-state index contributed by atoms with van der Waals surface area (Å²) in [7, 11) is 0. The number of ether oxygens (including phenoxy) is 1. The first-order valence-electron chi connectivity index (χ1n) is 9.61. The zero-order valence-electron chi connectivity index (χ0n) is 16.2. The third-order valence-electron chi connectivity index (χ3n) is 4.99. The van der Waals surface area contributed by atoms with Gasteiger partial charge in [-0.05, 0) is 54.4 Å². The van der Waals surface area contributed by atoms with Crippen LogP contribution in [0.3, 0.4) is 0 Å². The van der Waals surface area contributed by atoms with Crippen LogP contribution in [-0.2, 0) is 16.0 Å². The molecule has 0 bridgehead atoms. The molecule has 0 spiro atoms. The lowest BCUT2D eigenvalue weighted by molar-refractivity contribution is -0.121. The lowest BCUT2D eigenvalue weighted by Gasteiger charge is -2.25. The Kier molecular flexibility index (Phi) is 5.29. The summed E-state index contributed by atoms with van der Waals surface area (Å²) in [5.74, 6) is 1.15. The van der Waals surface area contributed by atoms with E-state index >= 15 is 0 Å². The predicted molar refractivity (Wildman–Crippen MR) is 113 cm³/mol. The van der Waals surface area contributed by atoms with Gasteiger partial charge in [0, 0.05) is 24.8 Å². The summed E-state index contributed by atoms with van der Waals surface area (Å²) in [5, 5.41) is 0. The van der Waals surface area contributed by atoms with Gasteiger partial charge in [-0.3, -0.25) is 9.59 Å². The molecular formula is C24H22N2O3. The van der Waals surface area contributed by atoms with Crippen LogP contribution in [0.1, 0.15) is 12.5 Å². The topological polar surface area (TPSA) is 49.9 Å². The van der Waals surface area contributed by atoms with Gasteiger partial charge in [-0.1, -0.05) is 36.4 Å². The highest BCUT2D eigenvalue weighted by atomic mass is 16.5. The van der Waals surface area contributed by atoms with Gasteiger partial charge < -0.3 is 14.5 Å². The zero-order valence-corrected chi connectivity index (χ0v) is 16.2. The molecule has 0 aromatic heterocycles. The SMILES string of the molecule is CC(=O)N(CC(=O)N1CCc2ccccc21)c1ccc(Oc2ccccc2)cc1. The quantitative estimate of drug-likeness (QED) is 0.652. The summed E-state index contributed by atoms with van der Waals surface area (Å²) in [6.07, 6.45) is 0.841. The maximum Gasteiger partial charge on any atom is 0.247 e. The molecule has 146 valence electrons. The Hall–Kier alpha value is -3.60. The molecule has 0 radical (unpaired) electrons. The van der Waals surface area contributed by atoms with E-state index in [9.17, 15) is 9.59 Å². The summed E-state index contributed by atoms with van der Waals surface area (Å²) in [4.78, 5) is 28.4. The summed E-state index contributed by atoms with van der Waals surface area (Å²) >= 11 is 0. The van der Waals surface area contributed by atoms with Crippen molar-refractivity contribution in [2.45, 2.75) is 13.3 Å². The Morgan fingerprint density at radius 3 is 2.28 bits per heavy atom. The van der Waals surface area contributed by atoms with Crippen LogP contribution in [-0.4, -0.2) is 24.9 Å². The molecule has 4 rings (SSSR count). The number of carbonyl (C=O) groups is 2. The first kappa shape index (κ1) is 18.7. The molecule has 5 nitrogen and oxygen atoms in total. The monoisotopic (exact) mass is 386 g/mol. The summed E-state index contributed by atoms with van der Waals surface area (Å²) < 4.78 is 5.80. The molecule has 0 saturated carbocycles. The molecule has 0 N–H and O–H groups in total. The van der Waals surface area contributed by atoms with Crippen molar-refractivity contribution in [3.8, 4) is 11.5 Å². The van der Waals surface area contributed by atoms with Gasteiger partial charge in [0.15, 0.2) is 0 Å². The molecule has 1 aliphatic rings. The fourth-order valence-corrected chi connectivity index (χ4v) is 3.52. The number of rotatable bonds is 5. The highest BCUT2D eigenvalue weighted by Crippen LogP contribution is 2.28. The zero-order chi connectivity index (χ0) is 20.2. The van der Waals surface area contributed by atoms with Gasteiger partial charge in [0.1, 0.15) is 18.0 Å². The van der Waals surface area contributed by atoms with Crippen molar-refractivity contribution in [2.75, 3.05) is 22.9 Å². The molecule has 2 amide bonds. The standard InChI is InChI=1S/C24H22N2O3/c1-18(27)26(17-24(28)25-16-15-19-7-5-6-10-23(19)25)20-11-13-22(14-12-20)29-21-8-3-2-4-9-21/h2-14H,15-17H2,1H3. The Balaban J connectivity index is 1.48. The van der Waals surface area contributed by atoms with Crippen molar-refractivity contribution in [2.24, 2.45) is 0 Å². The lowest BCUT2D eigenvalue weighted by atomic mass is 10.2. The van der Waals surface area contributed by atoms with E-state index in [1.165, 1.54) is 11.8 Å². The van der Waals surface area contributed by atoms with Crippen LogP contribution >= 0.6 is 0 Å². The first-order chi connectivity index (χ1) is 14.1. The van der Waals surface area contributed by atoms with E-state index < -0.39 is 0 Å². The van der Waals surface area contributed by atoms with Crippen LogP contribution in [0, 0.1) is 0 Å². The number of para-hydroxylation sites is 2. The number of anilines is 2. The molecule has 0 fully saturated rings. The third kappa shape index (κ3) is 4.14. The minimum atomic E-state index is -0.178. The second-order valence-electron chi connectivity index (χ2n) is 6.94. The van der Waals surface area contributed by atoms with E-state index in [0.29, 0.717) is 18.0 Å². The Morgan fingerprint density at radius 2 is 1.55 bits per heavy atom. The maximum atomic E-state index is 12.9. The van der Waals surface area contributed by atoms with Crippen LogP contribution in [0.4, 0.5) is 11.4 Å². The first-order valence-corrected chi connectivity index (χ1v) is 9.61. The minimum Gasteiger partial charge on any atom is -0.457 e. The molecule has 3 aromatic carbocycles. The maximum absolute atomic E-state index is 12.9. The lowest BCUT2D eigenvalue weighted by Crippen LogP contribution is -2.41. The number of carbonyl (C=O) groups excluding carboxylic acids is 2. The van der Waals surface area contributed by atoms with E-state index in [-0.39, 0.29) is 18.4 Å². The number of benzene rings is 3. The molecule has 0 aliphatic carbocycles. The van der Waals surface area contributed by atoms with Crippen molar-refractivity contribution in [3.05, 3.63) is 84.4 Å². The van der Waals surface area contributed by atoms with Crippen LogP contribution < -0.4 is 14.5 Å². The average molecular weight is 386 g/mol. The highest BCUT2D eigenvalue weighted by molar-refractivity contribution is 6.03. The highest BCUT2D eigenvalue weighted by Gasteiger charge is 2.26. The second kappa shape index (κ2) is 8.19. The second-order valence-corrected chi connectivity index (χ2v) is 6.94. The molecule has 3 aromatic rings. The molecule has 0 unspecified atom stereocenters. The molecule has 29 heavy (non-hydrogen) atoms. The average Bonchev–Trinajstić information content (AvgIpc) is 3.17. The molecule has 1 heterocycles. The number of amides is 2. The summed E-state index contributed by atoms with van der Waals surface area (Å²) in [6.45, 7) is 2.12. The van der Waals surface area contributed by atoms with Crippen LogP contribution in [0.25, 0.3) is 0 Å². The predicted octanol–water partition coefficient (Wildman–Crippen LogP) is 4.42. The van der Waals surface area contributed by atoms with Crippen LogP contribution in [0.2, 0.25) is 0 Å². The number of hydrogen-bond acceptors (Lipinski definition) is 3. The molecule has 1 aliphatic heterocycles. The van der Waals surface area contributed by atoms with Crippen molar-refractivity contribution >= 4 is 23.2 Å². The fourth-order valence-electron chi connectivity index (χ4n) is 3.52. The van der Waals surface area contributed by atoms with E-state index in [1.807, 2.05) is 54.6 Å². The molecule has 5 heteroatoms. The number of nitrogens with zero attached hydrogens (tertiary/aromatic N) is 2. The van der Waals surface area contributed by atoms with Gasteiger partial charge in [-0.2, -0.15) is 0 Å². The van der Waals surface area contributed by atoms with Gasteiger partial charge in [0.25, 0.3) is 0 Å². The van der Waals surface area contributed by atoms with Crippen molar-refractivity contribution in [1.29, 1.82) is 0 Å². The summed E-state index contributed by atoms with van der Waals surface area (Å²) in [5.41, 5.74) is 2.77. The minimum absolute atomic E-state index is 0.00254. The van der Waals surface area contributed by atoms with E-state index in [2.05, 4.69) is 0 Å². The van der Waals surface area contributed by atoms with Crippen LogP contribution in [0.15, 0.2) is 78.9 Å². The van der Waals surface area contributed by atoms with Crippen molar-refractivity contribution < 1.29 is 14.3 Å². The third-order valence-corrected chi connectivity index (χ3v) is 4.99. The Morgan fingerprint density at radius 1 is 0.897 bits per heavy atom. The van der Waals surface area contributed by atoms with Crippen molar-refractivity contribution in [3.63, 3.8) is 0 Å². The van der Waals surface area contributed by atoms with Gasteiger partial charge >= 0.3 is 0 Å². The van der Waals surface area contributed by atoms with E-state index in [0.717, 1.165) is 23.4 Å². The van der Waals surface area contributed by atoms with E-state index in [4.69, 9.17) is 4.74 Å². The molecule has 0 saturated heterocycles. The molecule has 0 atom stereocenters. The smallest absolute Gasteiger partial charge is 0.247 e. The number of hydrogen-bond donors (Lipinski definition) is 0.